The van der Waals surface area contributed by atoms with Gasteiger partial charge < -0.3 is 10.6 Å². The number of nitrogens with zero attached hydrogens (tertiary/aromatic N) is 1. The molecule has 0 radical (unpaired) electrons. The van der Waals surface area contributed by atoms with Gasteiger partial charge in [0.05, 0.1) is 6.54 Å². The minimum Gasteiger partial charge on any atom is -0.343 e. The first-order valence-corrected chi connectivity index (χ1v) is 9.05. The number of nitrogens with one attached hydrogen (secondary N) is 2. The molecule has 1 heterocycles. The Labute approximate surface area is 156 Å². The summed E-state index contributed by atoms with van der Waals surface area (Å²) in [4.78, 5) is 29.2. The van der Waals surface area contributed by atoms with Crippen LogP contribution in [0.25, 0.3) is 0 Å². The molecule has 0 atom stereocenters. The number of benzene rings is 2. The summed E-state index contributed by atoms with van der Waals surface area (Å²) in [7, 11) is 0. The minimum atomic E-state index is -0.300. The number of thiazole rings is 1. The van der Waals surface area contributed by atoms with Crippen LogP contribution in [0.5, 0.6) is 0 Å². The summed E-state index contributed by atoms with van der Waals surface area (Å²) in [6.45, 7) is 1.96. The number of anilines is 1. The molecule has 3 rings (SSSR count). The Bertz CT molecular complexity index is 906. The van der Waals surface area contributed by atoms with E-state index >= 15 is 0 Å². The number of amides is 2. The summed E-state index contributed by atoms with van der Waals surface area (Å²) in [5.41, 5.74) is 2.95. The summed E-state index contributed by atoms with van der Waals surface area (Å²) in [5, 5.41) is 5.85. The van der Waals surface area contributed by atoms with Crippen LogP contribution >= 0.6 is 11.3 Å². The molecule has 132 valence electrons. The van der Waals surface area contributed by atoms with Gasteiger partial charge in [0.15, 0.2) is 5.13 Å². The lowest BCUT2D eigenvalue weighted by Gasteiger charge is -2.05. The second-order valence-corrected chi connectivity index (χ2v) is 7.01. The Kier molecular flexibility index (Phi) is 5.76. The van der Waals surface area contributed by atoms with Gasteiger partial charge in [0.1, 0.15) is 0 Å². The van der Waals surface area contributed by atoms with Gasteiger partial charge in [-0.3, -0.25) is 9.59 Å². The standard InChI is InChI=1S/C20H19N3O2S/c1-14-6-5-7-15(10-14)11-17-12-22-20(26-17)23-18(24)13-21-19(25)16-8-3-2-4-9-16/h2-10,12H,11,13H2,1H3,(H,21,25)(H,22,23,24). The fourth-order valence-electron chi connectivity index (χ4n) is 2.49. The summed E-state index contributed by atoms with van der Waals surface area (Å²) in [6.07, 6.45) is 2.55. The molecule has 2 aromatic carbocycles. The number of hydrogen-bond acceptors (Lipinski definition) is 4. The molecule has 0 aliphatic heterocycles. The molecule has 2 amide bonds. The highest BCUT2D eigenvalue weighted by atomic mass is 32.1. The largest absolute Gasteiger partial charge is 0.343 e. The topological polar surface area (TPSA) is 71.1 Å². The van der Waals surface area contributed by atoms with Gasteiger partial charge in [-0.25, -0.2) is 4.98 Å². The second-order valence-electron chi connectivity index (χ2n) is 5.89. The molecule has 0 saturated carbocycles. The van der Waals surface area contributed by atoms with E-state index in [0.717, 1.165) is 11.3 Å². The van der Waals surface area contributed by atoms with Crippen LogP contribution in [0.1, 0.15) is 26.4 Å². The predicted molar refractivity (Wildman–Crippen MR) is 104 cm³/mol. The lowest BCUT2D eigenvalue weighted by atomic mass is 10.1. The van der Waals surface area contributed by atoms with Crippen molar-refractivity contribution >= 4 is 28.3 Å². The average Bonchev–Trinajstić information content (AvgIpc) is 3.07. The maximum absolute atomic E-state index is 12.0. The zero-order valence-electron chi connectivity index (χ0n) is 14.4. The van der Waals surface area contributed by atoms with Gasteiger partial charge >= 0.3 is 0 Å². The third kappa shape index (κ3) is 5.00. The van der Waals surface area contributed by atoms with Gasteiger partial charge in [-0.15, -0.1) is 11.3 Å². The smallest absolute Gasteiger partial charge is 0.251 e. The molecule has 2 N–H and O–H groups in total. The fourth-order valence-corrected chi connectivity index (χ4v) is 3.35. The molecule has 0 fully saturated rings. The molecule has 0 aliphatic rings. The summed E-state index contributed by atoms with van der Waals surface area (Å²) >= 11 is 1.44. The first kappa shape index (κ1) is 17.8. The van der Waals surface area contributed by atoms with Crippen molar-refractivity contribution in [1.82, 2.24) is 10.3 Å². The quantitative estimate of drug-likeness (QED) is 0.703. The van der Waals surface area contributed by atoms with Crippen LogP contribution in [0, 0.1) is 6.92 Å². The van der Waals surface area contributed by atoms with E-state index in [9.17, 15) is 9.59 Å². The van der Waals surface area contributed by atoms with E-state index in [1.165, 1.54) is 22.5 Å². The van der Waals surface area contributed by atoms with Crippen LogP contribution in [0.15, 0.2) is 60.8 Å². The molecular weight excluding hydrogens is 346 g/mol. The van der Waals surface area contributed by atoms with E-state index in [1.54, 1.807) is 30.5 Å². The first-order valence-electron chi connectivity index (χ1n) is 8.23. The van der Waals surface area contributed by atoms with Crippen molar-refractivity contribution in [2.75, 3.05) is 11.9 Å². The molecule has 3 aromatic rings. The Balaban J connectivity index is 1.50. The number of aromatic nitrogens is 1. The molecule has 26 heavy (non-hydrogen) atoms. The zero-order valence-corrected chi connectivity index (χ0v) is 15.2. The van der Waals surface area contributed by atoms with Crippen molar-refractivity contribution < 1.29 is 9.59 Å². The average molecular weight is 365 g/mol. The Morgan fingerprint density at radius 3 is 2.65 bits per heavy atom. The molecule has 6 heteroatoms. The van der Waals surface area contributed by atoms with Crippen LogP contribution in [0.2, 0.25) is 0 Å². The van der Waals surface area contributed by atoms with Gasteiger partial charge in [-0.05, 0) is 24.6 Å². The van der Waals surface area contributed by atoms with Gasteiger partial charge in [-0.1, -0.05) is 48.0 Å². The lowest BCUT2D eigenvalue weighted by Crippen LogP contribution is -2.32. The molecule has 0 aliphatic carbocycles. The highest BCUT2D eigenvalue weighted by Crippen LogP contribution is 2.21. The van der Waals surface area contributed by atoms with Crippen molar-refractivity contribution in [1.29, 1.82) is 0 Å². The van der Waals surface area contributed by atoms with Crippen LogP contribution in [0.3, 0.4) is 0 Å². The monoisotopic (exact) mass is 365 g/mol. The van der Waals surface area contributed by atoms with E-state index in [0.29, 0.717) is 10.7 Å². The van der Waals surface area contributed by atoms with E-state index in [2.05, 4.69) is 40.7 Å². The fraction of sp³-hybridized carbons (Fsp3) is 0.150. The van der Waals surface area contributed by atoms with E-state index in [-0.39, 0.29) is 18.4 Å². The van der Waals surface area contributed by atoms with Gasteiger partial charge in [0.25, 0.3) is 5.91 Å². The summed E-state index contributed by atoms with van der Waals surface area (Å²) in [5.74, 6) is -0.578. The van der Waals surface area contributed by atoms with Gasteiger partial charge in [0, 0.05) is 23.1 Å². The molecule has 0 bridgehead atoms. The molecule has 5 nitrogen and oxygen atoms in total. The van der Waals surface area contributed by atoms with Crippen LogP contribution in [-0.4, -0.2) is 23.3 Å². The number of aryl methyl sites for hydroxylation is 1. The number of carbonyl (C=O) groups is 2. The molecular formula is C20H19N3O2S. The Hall–Kier alpha value is -2.99. The third-order valence-corrected chi connectivity index (χ3v) is 4.62. The second kappa shape index (κ2) is 8.40. The van der Waals surface area contributed by atoms with Gasteiger partial charge in [-0.2, -0.15) is 0 Å². The first-order chi connectivity index (χ1) is 12.6. The molecule has 1 aromatic heterocycles. The molecule has 0 unspecified atom stereocenters. The number of hydrogen-bond donors (Lipinski definition) is 2. The Morgan fingerprint density at radius 1 is 1.08 bits per heavy atom. The normalized spacial score (nSPS) is 10.3. The maximum Gasteiger partial charge on any atom is 0.251 e. The van der Waals surface area contributed by atoms with Crippen molar-refractivity contribution in [3.05, 3.63) is 82.4 Å². The van der Waals surface area contributed by atoms with Crippen molar-refractivity contribution in [3.63, 3.8) is 0 Å². The lowest BCUT2D eigenvalue weighted by molar-refractivity contribution is -0.115. The van der Waals surface area contributed by atoms with E-state index in [1.807, 2.05) is 12.1 Å². The highest BCUT2D eigenvalue weighted by Gasteiger charge is 2.10. The third-order valence-electron chi connectivity index (χ3n) is 3.71. The predicted octanol–water partition coefficient (Wildman–Crippen LogP) is 3.41. The summed E-state index contributed by atoms with van der Waals surface area (Å²) in [6, 6.07) is 17.1. The highest BCUT2D eigenvalue weighted by molar-refractivity contribution is 7.15. The van der Waals surface area contributed by atoms with Crippen LogP contribution in [-0.2, 0) is 11.2 Å². The Morgan fingerprint density at radius 2 is 1.88 bits per heavy atom. The van der Waals surface area contributed by atoms with Crippen LogP contribution in [0.4, 0.5) is 5.13 Å². The van der Waals surface area contributed by atoms with Crippen LogP contribution < -0.4 is 10.6 Å². The SMILES string of the molecule is Cc1cccc(Cc2cnc(NC(=O)CNC(=O)c3ccccc3)s2)c1. The molecule has 0 saturated heterocycles. The summed E-state index contributed by atoms with van der Waals surface area (Å²) < 4.78 is 0. The molecule has 0 spiro atoms. The van der Waals surface area contributed by atoms with Crippen molar-refractivity contribution in [2.45, 2.75) is 13.3 Å². The zero-order chi connectivity index (χ0) is 18.4. The number of carbonyl (C=O) groups excluding carboxylic acids is 2. The van der Waals surface area contributed by atoms with Crippen molar-refractivity contribution in [2.24, 2.45) is 0 Å². The maximum atomic E-state index is 12.0. The van der Waals surface area contributed by atoms with E-state index < -0.39 is 0 Å². The van der Waals surface area contributed by atoms with Gasteiger partial charge in [0.2, 0.25) is 5.91 Å². The number of rotatable bonds is 6. The minimum absolute atomic E-state index is 0.0967. The van der Waals surface area contributed by atoms with Crippen molar-refractivity contribution in [3.8, 4) is 0 Å². The van der Waals surface area contributed by atoms with E-state index in [4.69, 9.17) is 0 Å².